The molecule has 3 aliphatic rings. The maximum absolute atomic E-state index is 15.3. The summed E-state index contributed by atoms with van der Waals surface area (Å²) in [6.07, 6.45) is 2.82. The van der Waals surface area contributed by atoms with Crippen molar-refractivity contribution in [1.82, 2.24) is 0 Å². The summed E-state index contributed by atoms with van der Waals surface area (Å²) in [5.74, 6) is 1.37. The molecule has 0 bridgehead atoms. The van der Waals surface area contributed by atoms with E-state index in [9.17, 15) is 22.0 Å². The number of hydrogen-bond acceptors (Lipinski definition) is 1. The Morgan fingerprint density at radius 3 is 1.74 bits per heavy atom. The molecule has 0 amide bonds. The number of halogens is 6. The smallest absolute Gasteiger partial charge is 0.291 e. The first-order valence-electron chi connectivity index (χ1n) is 14.1. The average molecular weight is 513 g/mol. The van der Waals surface area contributed by atoms with E-state index < -0.39 is 37.4 Å². The standard InChI is InChI=1S/C28H46F6O/c1-17-4-6-20(7-5-17)21-8-10-22(11-9-21)23-12-13-24(27(31)15-23)18(2)14-26(30)25(19(3)29)16-35-28(32,33)34/h17-27H,4-16H2,1-3H3. The Morgan fingerprint density at radius 1 is 0.771 bits per heavy atom. The van der Waals surface area contributed by atoms with Crippen LogP contribution in [0.5, 0.6) is 0 Å². The van der Waals surface area contributed by atoms with Crippen LogP contribution in [0.2, 0.25) is 0 Å². The predicted molar refractivity (Wildman–Crippen MR) is 127 cm³/mol. The molecule has 7 atom stereocenters. The molecule has 3 aliphatic carbocycles. The molecule has 0 aromatic carbocycles. The van der Waals surface area contributed by atoms with Gasteiger partial charge in [-0.05, 0) is 113 Å². The highest BCUT2D eigenvalue weighted by Gasteiger charge is 2.41. The van der Waals surface area contributed by atoms with Gasteiger partial charge in [-0.15, -0.1) is 13.2 Å². The maximum atomic E-state index is 15.3. The molecule has 0 N–H and O–H groups in total. The molecular weight excluding hydrogens is 466 g/mol. The van der Waals surface area contributed by atoms with Crippen molar-refractivity contribution in [2.45, 2.75) is 123 Å². The van der Waals surface area contributed by atoms with E-state index in [0.29, 0.717) is 24.7 Å². The summed E-state index contributed by atoms with van der Waals surface area (Å²) in [4.78, 5) is 0. The molecular formula is C28H46F6O. The summed E-state index contributed by atoms with van der Waals surface area (Å²) in [7, 11) is 0. The van der Waals surface area contributed by atoms with Gasteiger partial charge in [0.05, 0.1) is 6.61 Å². The molecule has 35 heavy (non-hydrogen) atoms. The lowest BCUT2D eigenvalue weighted by atomic mass is 9.64. The van der Waals surface area contributed by atoms with Crippen LogP contribution in [0, 0.1) is 47.3 Å². The summed E-state index contributed by atoms with van der Waals surface area (Å²) in [6, 6.07) is 0. The summed E-state index contributed by atoms with van der Waals surface area (Å²) in [5, 5.41) is 0. The van der Waals surface area contributed by atoms with Gasteiger partial charge >= 0.3 is 6.36 Å². The Morgan fingerprint density at radius 2 is 1.26 bits per heavy atom. The van der Waals surface area contributed by atoms with Crippen LogP contribution < -0.4 is 0 Å². The van der Waals surface area contributed by atoms with Crippen molar-refractivity contribution in [1.29, 1.82) is 0 Å². The first kappa shape index (κ1) is 29.1. The van der Waals surface area contributed by atoms with E-state index in [1.807, 2.05) is 0 Å². The zero-order chi connectivity index (χ0) is 25.8. The van der Waals surface area contributed by atoms with Crippen LogP contribution in [0.15, 0.2) is 0 Å². The van der Waals surface area contributed by atoms with Crippen LogP contribution in [0.1, 0.15) is 97.8 Å². The van der Waals surface area contributed by atoms with Gasteiger partial charge < -0.3 is 0 Å². The number of ether oxygens (including phenoxy) is 1. The first-order valence-corrected chi connectivity index (χ1v) is 14.1. The molecule has 0 heterocycles. The topological polar surface area (TPSA) is 9.23 Å². The Bertz CT molecular complexity index is 609. The number of rotatable bonds is 9. The lowest BCUT2D eigenvalue weighted by Crippen LogP contribution is -2.38. The molecule has 7 heteroatoms. The van der Waals surface area contributed by atoms with Crippen molar-refractivity contribution in [3.8, 4) is 0 Å². The molecule has 0 aliphatic heterocycles. The minimum absolute atomic E-state index is 0.138. The van der Waals surface area contributed by atoms with Crippen molar-refractivity contribution < 1.29 is 31.1 Å². The lowest BCUT2D eigenvalue weighted by molar-refractivity contribution is -0.330. The van der Waals surface area contributed by atoms with Gasteiger partial charge in [-0.1, -0.05) is 26.7 Å². The van der Waals surface area contributed by atoms with Gasteiger partial charge in [0.25, 0.3) is 0 Å². The van der Waals surface area contributed by atoms with Gasteiger partial charge in [-0.3, -0.25) is 4.74 Å². The second kappa shape index (κ2) is 12.9. The average Bonchev–Trinajstić information content (AvgIpc) is 2.78. The van der Waals surface area contributed by atoms with Gasteiger partial charge in [-0.2, -0.15) is 0 Å². The van der Waals surface area contributed by atoms with Crippen LogP contribution >= 0.6 is 0 Å². The van der Waals surface area contributed by atoms with Crippen molar-refractivity contribution in [2.75, 3.05) is 6.61 Å². The van der Waals surface area contributed by atoms with Crippen LogP contribution in [0.3, 0.4) is 0 Å². The third-order valence-electron chi connectivity index (χ3n) is 9.90. The van der Waals surface area contributed by atoms with E-state index in [4.69, 9.17) is 0 Å². The monoisotopic (exact) mass is 512 g/mol. The Labute approximate surface area is 208 Å². The molecule has 206 valence electrons. The minimum atomic E-state index is -4.92. The fourth-order valence-corrected chi connectivity index (χ4v) is 7.50. The van der Waals surface area contributed by atoms with E-state index in [1.54, 1.807) is 6.92 Å². The van der Waals surface area contributed by atoms with Gasteiger partial charge in [0, 0.05) is 5.92 Å². The highest BCUT2D eigenvalue weighted by molar-refractivity contribution is 4.90. The van der Waals surface area contributed by atoms with E-state index in [-0.39, 0.29) is 18.3 Å². The molecule has 0 spiro atoms. The zero-order valence-corrected chi connectivity index (χ0v) is 21.7. The normalized spacial score (nSPS) is 38.5. The van der Waals surface area contributed by atoms with E-state index in [1.165, 1.54) is 51.4 Å². The highest BCUT2D eigenvalue weighted by atomic mass is 19.4. The second-order valence-electron chi connectivity index (χ2n) is 12.3. The zero-order valence-electron chi connectivity index (χ0n) is 21.7. The second-order valence-corrected chi connectivity index (χ2v) is 12.3. The van der Waals surface area contributed by atoms with Gasteiger partial charge in [-0.25, -0.2) is 13.2 Å². The third-order valence-corrected chi connectivity index (χ3v) is 9.90. The lowest BCUT2D eigenvalue weighted by Gasteiger charge is -2.43. The van der Waals surface area contributed by atoms with Gasteiger partial charge in [0.2, 0.25) is 0 Å². The molecule has 7 unspecified atom stereocenters. The molecule has 3 rings (SSSR count). The highest BCUT2D eigenvalue weighted by Crippen LogP contribution is 2.47. The summed E-state index contributed by atoms with van der Waals surface area (Å²) >= 11 is 0. The Kier molecular flexibility index (Phi) is 10.7. The molecule has 0 saturated heterocycles. The fourth-order valence-electron chi connectivity index (χ4n) is 7.50. The molecule has 0 aromatic rings. The Hall–Kier alpha value is -0.460. The van der Waals surface area contributed by atoms with Crippen molar-refractivity contribution in [3.05, 3.63) is 0 Å². The summed E-state index contributed by atoms with van der Waals surface area (Å²) < 4.78 is 84.6. The van der Waals surface area contributed by atoms with E-state index in [2.05, 4.69) is 11.7 Å². The summed E-state index contributed by atoms with van der Waals surface area (Å²) in [6.45, 7) is 4.11. The van der Waals surface area contributed by atoms with Gasteiger partial charge in [0.1, 0.15) is 18.5 Å². The van der Waals surface area contributed by atoms with E-state index in [0.717, 1.165) is 31.1 Å². The van der Waals surface area contributed by atoms with Crippen molar-refractivity contribution in [2.24, 2.45) is 47.3 Å². The largest absolute Gasteiger partial charge is 0.522 e. The SMILES string of the molecule is CC1CCC(C2CCC(C3CCC(C(C)CC(F)C(COC(F)(F)F)C(C)F)C(F)C3)CC2)CC1. The Balaban J connectivity index is 1.43. The van der Waals surface area contributed by atoms with Crippen LogP contribution in [-0.4, -0.2) is 31.5 Å². The summed E-state index contributed by atoms with van der Waals surface area (Å²) in [5.41, 5.74) is 0. The molecule has 1 nitrogen and oxygen atoms in total. The van der Waals surface area contributed by atoms with Gasteiger partial charge in [0.15, 0.2) is 0 Å². The molecule has 0 radical (unpaired) electrons. The van der Waals surface area contributed by atoms with Crippen LogP contribution in [0.25, 0.3) is 0 Å². The van der Waals surface area contributed by atoms with Crippen molar-refractivity contribution >= 4 is 0 Å². The maximum Gasteiger partial charge on any atom is 0.522 e. The van der Waals surface area contributed by atoms with Crippen LogP contribution in [-0.2, 0) is 4.74 Å². The molecule has 3 fully saturated rings. The third kappa shape index (κ3) is 8.53. The molecule has 3 saturated carbocycles. The predicted octanol–water partition coefficient (Wildman–Crippen LogP) is 9.25. The number of alkyl halides is 6. The first-order chi connectivity index (χ1) is 16.4. The van der Waals surface area contributed by atoms with Crippen LogP contribution in [0.4, 0.5) is 26.3 Å². The quantitative estimate of drug-likeness (QED) is 0.280. The molecule has 0 aromatic heterocycles. The van der Waals surface area contributed by atoms with E-state index >= 15 is 4.39 Å². The minimum Gasteiger partial charge on any atom is -0.291 e. The van der Waals surface area contributed by atoms with Crippen molar-refractivity contribution in [3.63, 3.8) is 0 Å². The fraction of sp³-hybridized carbons (Fsp3) is 1.00. The number of hydrogen-bond donors (Lipinski definition) is 0.